The van der Waals surface area contributed by atoms with Crippen LogP contribution in [0.2, 0.25) is 0 Å². The van der Waals surface area contributed by atoms with Crippen LogP contribution in [0.4, 0.5) is 0 Å². The molecule has 0 bridgehead atoms. The lowest BCUT2D eigenvalue weighted by Crippen LogP contribution is -2.18. The molecule has 1 aromatic rings. The van der Waals surface area contributed by atoms with Gasteiger partial charge in [-0.3, -0.25) is 9.59 Å². The van der Waals surface area contributed by atoms with Crippen molar-refractivity contribution in [3.63, 3.8) is 0 Å². The van der Waals surface area contributed by atoms with Gasteiger partial charge in [0.1, 0.15) is 5.78 Å². The third-order valence-electron chi connectivity index (χ3n) is 4.33. The van der Waals surface area contributed by atoms with E-state index in [9.17, 15) is 9.59 Å². The van der Waals surface area contributed by atoms with Crippen molar-refractivity contribution in [1.29, 1.82) is 0 Å². The van der Waals surface area contributed by atoms with Crippen molar-refractivity contribution in [2.75, 3.05) is 0 Å². The average Bonchev–Trinajstić information content (AvgIpc) is 2.46. The van der Waals surface area contributed by atoms with E-state index in [1.165, 1.54) is 5.56 Å². The molecule has 102 valence electrons. The third kappa shape index (κ3) is 3.31. The van der Waals surface area contributed by atoms with Gasteiger partial charge in [0.2, 0.25) is 0 Å². The van der Waals surface area contributed by atoms with Crippen molar-refractivity contribution >= 4 is 11.6 Å². The first-order valence-corrected chi connectivity index (χ1v) is 7.25. The van der Waals surface area contributed by atoms with Crippen LogP contribution in [0.5, 0.6) is 0 Å². The van der Waals surface area contributed by atoms with Crippen LogP contribution >= 0.6 is 0 Å². The highest BCUT2D eigenvalue weighted by Crippen LogP contribution is 2.36. The normalized spacial score (nSPS) is 23.1. The zero-order chi connectivity index (χ0) is 13.8. The Morgan fingerprint density at radius 2 is 1.63 bits per heavy atom. The standard InChI is InChI=1S/C17H22O2/c1-3-17(19)16-10-8-15(9-11-16)14-6-4-13(5-7-14)12(2)18/h8-11,13-14H,3-7H2,1-2H3. The van der Waals surface area contributed by atoms with Gasteiger partial charge in [-0.25, -0.2) is 0 Å². The molecule has 2 rings (SSSR count). The van der Waals surface area contributed by atoms with Gasteiger partial charge in [0.05, 0.1) is 0 Å². The van der Waals surface area contributed by atoms with E-state index in [0.29, 0.717) is 18.1 Å². The molecule has 1 aliphatic carbocycles. The van der Waals surface area contributed by atoms with Crippen molar-refractivity contribution in [2.24, 2.45) is 5.92 Å². The molecular weight excluding hydrogens is 236 g/mol. The molecule has 19 heavy (non-hydrogen) atoms. The molecule has 0 spiro atoms. The maximum atomic E-state index is 11.6. The van der Waals surface area contributed by atoms with E-state index in [1.807, 2.05) is 19.1 Å². The van der Waals surface area contributed by atoms with E-state index in [2.05, 4.69) is 12.1 Å². The van der Waals surface area contributed by atoms with Crippen LogP contribution in [0.3, 0.4) is 0 Å². The van der Waals surface area contributed by atoms with Gasteiger partial charge in [0, 0.05) is 17.9 Å². The second kappa shape index (κ2) is 6.14. The van der Waals surface area contributed by atoms with E-state index in [0.717, 1.165) is 31.2 Å². The van der Waals surface area contributed by atoms with Gasteiger partial charge in [-0.15, -0.1) is 0 Å². The van der Waals surface area contributed by atoms with Crippen LogP contribution in [0, 0.1) is 5.92 Å². The lowest BCUT2D eigenvalue weighted by molar-refractivity contribution is -0.121. The molecule has 0 unspecified atom stereocenters. The van der Waals surface area contributed by atoms with Gasteiger partial charge in [-0.05, 0) is 44.1 Å². The summed E-state index contributed by atoms with van der Waals surface area (Å²) in [6.07, 6.45) is 4.75. The molecule has 1 aliphatic rings. The Hall–Kier alpha value is -1.44. The number of carbonyl (C=O) groups excluding carboxylic acids is 2. The zero-order valence-corrected chi connectivity index (χ0v) is 11.8. The Labute approximate surface area is 115 Å². The highest BCUT2D eigenvalue weighted by Gasteiger charge is 2.24. The molecule has 0 amide bonds. The molecule has 0 aliphatic heterocycles. The minimum absolute atomic E-state index is 0.201. The van der Waals surface area contributed by atoms with E-state index in [4.69, 9.17) is 0 Å². The van der Waals surface area contributed by atoms with Gasteiger partial charge in [-0.2, -0.15) is 0 Å². The van der Waals surface area contributed by atoms with Crippen LogP contribution in [0.25, 0.3) is 0 Å². The maximum absolute atomic E-state index is 11.6. The van der Waals surface area contributed by atoms with Crippen molar-refractivity contribution in [1.82, 2.24) is 0 Å². The van der Waals surface area contributed by atoms with Gasteiger partial charge >= 0.3 is 0 Å². The number of hydrogen-bond acceptors (Lipinski definition) is 2. The van der Waals surface area contributed by atoms with Crippen molar-refractivity contribution in [2.45, 2.75) is 51.9 Å². The topological polar surface area (TPSA) is 34.1 Å². The Bertz CT molecular complexity index is 451. The molecule has 1 saturated carbocycles. The third-order valence-corrected chi connectivity index (χ3v) is 4.33. The number of Topliss-reactive ketones (excluding diaryl/α,β-unsaturated/α-hetero) is 2. The smallest absolute Gasteiger partial charge is 0.162 e. The minimum Gasteiger partial charge on any atom is -0.300 e. The first-order chi connectivity index (χ1) is 9.11. The second-order valence-corrected chi connectivity index (χ2v) is 5.56. The minimum atomic E-state index is 0.201. The lowest BCUT2D eigenvalue weighted by atomic mass is 9.77. The van der Waals surface area contributed by atoms with Gasteiger partial charge in [0.15, 0.2) is 5.78 Å². The highest BCUT2D eigenvalue weighted by molar-refractivity contribution is 5.95. The summed E-state index contributed by atoms with van der Waals surface area (Å²) in [6, 6.07) is 8.06. The molecule has 0 atom stereocenters. The number of benzene rings is 1. The van der Waals surface area contributed by atoms with Crippen LogP contribution < -0.4 is 0 Å². The highest BCUT2D eigenvalue weighted by atomic mass is 16.1. The van der Waals surface area contributed by atoms with E-state index >= 15 is 0 Å². The fourth-order valence-electron chi connectivity index (χ4n) is 2.98. The average molecular weight is 258 g/mol. The Kier molecular flexibility index (Phi) is 4.52. The summed E-state index contributed by atoms with van der Waals surface area (Å²) in [5.41, 5.74) is 2.12. The predicted octanol–water partition coefficient (Wildman–Crippen LogP) is 4.14. The van der Waals surface area contributed by atoms with Crippen molar-refractivity contribution < 1.29 is 9.59 Å². The first-order valence-electron chi connectivity index (χ1n) is 7.25. The molecule has 2 nitrogen and oxygen atoms in total. The van der Waals surface area contributed by atoms with Crippen LogP contribution in [-0.4, -0.2) is 11.6 Å². The number of rotatable bonds is 4. The molecule has 0 N–H and O–H groups in total. The van der Waals surface area contributed by atoms with Crippen LogP contribution in [0.15, 0.2) is 24.3 Å². The summed E-state index contributed by atoms with van der Waals surface area (Å²) < 4.78 is 0. The zero-order valence-electron chi connectivity index (χ0n) is 11.8. The lowest BCUT2D eigenvalue weighted by Gasteiger charge is -2.27. The van der Waals surface area contributed by atoms with Crippen molar-refractivity contribution in [3.05, 3.63) is 35.4 Å². The van der Waals surface area contributed by atoms with Gasteiger partial charge in [-0.1, -0.05) is 31.2 Å². The SMILES string of the molecule is CCC(=O)c1ccc(C2CCC(C(C)=O)CC2)cc1. The molecule has 1 fully saturated rings. The van der Waals surface area contributed by atoms with Gasteiger partial charge < -0.3 is 0 Å². The Morgan fingerprint density at radius 3 is 2.11 bits per heavy atom. The number of ketones is 2. The maximum Gasteiger partial charge on any atom is 0.162 e. The van der Waals surface area contributed by atoms with E-state index in [1.54, 1.807) is 6.92 Å². The predicted molar refractivity (Wildman–Crippen MR) is 76.4 cm³/mol. The molecule has 1 aromatic carbocycles. The Morgan fingerprint density at radius 1 is 1.05 bits per heavy atom. The molecule has 0 heterocycles. The van der Waals surface area contributed by atoms with E-state index in [-0.39, 0.29) is 11.7 Å². The number of hydrogen-bond donors (Lipinski definition) is 0. The van der Waals surface area contributed by atoms with Crippen LogP contribution in [0.1, 0.15) is 67.8 Å². The summed E-state index contributed by atoms with van der Waals surface area (Å²) in [7, 11) is 0. The molecule has 0 radical (unpaired) electrons. The molecule has 0 aromatic heterocycles. The summed E-state index contributed by atoms with van der Waals surface area (Å²) in [4.78, 5) is 22.9. The molecule has 0 saturated heterocycles. The second-order valence-electron chi connectivity index (χ2n) is 5.56. The van der Waals surface area contributed by atoms with Gasteiger partial charge in [0.25, 0.3) is 0 Å². The Balaban J connectivity index is 2.00. The summed E-state index contributed by atoms with van der Waals surface area (Å²) in [5, 5.41) is 0. The number of carbonyl (C=O) groups is 2. The molecular formula is C17H22O2. The fourth-order valence-corrected chi connectivity index (χ4v) is 2.98. The summed E-state index contributed by atoms with van der Waals surface area (Å²) in [6.45, 7) is 3.59. The summed E-state index contributed by atoms with van der Waals surface area (Å²) in [5.74, 6) is 1.37. The largest absolute Gasteiger partial charge is 0.300 e. The quantitative estimate of drug-likeness (QED) is 0.760. The van der Waals surface area contributed by atoms with E-state index < -0.39 is 0 Å². The van der Waals surface area contributed by atoms with Crippen molar-refractivity contribution in [3.8, 4) is 0 Å². The first kappa shape index (κ1) is 14.0. The monoisotopic (exact) mass is 258 g/mol. The fraction of sp³-hybridized carbons (Fsp3) is 0.529. The summed E-state index contributed by atoms with van der Waals surface area (Å²) >= 11 is 0. The molecule has 2 heteroatoms. The van der Waals surface area contributed by atoms with Crippen LogP contribution in [-0.2, 0) is 4.79 Å².